The average molecular weight is 319 g/mol. The third-order valence-electron chi connectivity index (χ3n) is 2.41. The molecule has 17 heavy (non-hydrogen) atoms. The van der Waals surface area contributed by atoms with Gasteiger partial charge in [-0.1, -0.05) is 11.6 Å². The van der Waals surface area contributed by atoms with E-state index in [1.165, 1.54) is 6.20 Å². The Morgan fingerprint density at radius 1 is 1.35 bits per heavy atom. The summed E-state index contributed by atoms with van der Waals surface area (Å²) in [5.74, 6) is -1.94. The van der Waals surface area contributed by atoms with Crippen LogP contribution in [0.25, 0.3) is 16.7 Å². The maximum atomic E-state index is 13.4. The fourth-order valence-electron chi connectivity index (χ4n) is 1.66. The lowest BCUT2D eigenvalue weighted by atomic mass is 10.3. The Hall–Kier alpha value is -1.27. The second kappa shape index (κ2) is 3.61. The molecular formula is C10H3BrClF2N3. The van der Waals surface area contributed by atoms with Gasteiger partial charge in [-0.15, -0.1) is 0 Å². The van der Waals surface area contributed by atoms with Gasteiger partial charge in [-0.3, -0.25) is 4.40 Å². The molecule has 0 atom stereocenters. The van der Waals surface area contributed by atoms with Crippen molar-refractivity contribution in [2.24, 2.45) is 0 Å². The highest BCUT2D eigenvalue weighted by Gasteiger charge is 2.16. The van der Waals surface area contributed by atoms with E-state index in [0.717, 1.165) is 6.07 Å². The van der Waals surface area contributed by atoms with E-state index in [1.807, 2.05) is 0 Å². The number of aromatic nitrogens is 3. The maximum Gasteiger partial charge on any atom is 0.175 e. The molecule has 0 aliphatic carbocycles. The Kier molecular flexibility index (Phi) is 2.31. The first-order valence-corrected chi connectivity index (χ1v) is 5.72. The Bertz CT molecular complexity index is 756. The fraction of sp³-hybridized carbons (Fsp3) is 0. The molecule has 0 amide bonds. The lowest BCUT2D eigenvalue weighted by Gasteiger charge is -2.06. The van der Waals surface area contributed by atoms with Crippen LogP contribution in [0.3, 0.4) is 0 Å². The number of rotatable bonds is 0. The van der Waals surface area contributed by atoms with E-state index >= 15 is 0 Å². The van der Waals surface area contributed by atoms with Gasteiger partial charge < -0.3 is 0 Å². The Labute approximate surface area is 107 Å². The molecule has 0 N–H and O–H groups in total. The molecule has 86 valence electrons. The van der Waals surface area contributed by atoms with Crippen LogP contribution in [0.5, 0.6) is 0 Å². The number of hydrogen-bond donors (Lipinski definition) is 0. The summed E-state index contributed by atoms with van der Waals surface area (Å²) in [5, 5.41) is 0.134. The third-order valence-corrected chi connectivity index (χ3v) is 3.39. The molecular weight excluding hydrogens is 315 g/mol. The van der Waals surface area contributed by atoms with Crippen LogP contribution in [0.15, 0.2) is 22.9 Å². The second-order valence-electron chi connectivity index (χ2n) is 3.38. The lowest BCUT2D eigenvalue weighted by Crippen LogP contribution is -1.97. The molecule has 3 rings (SSSR count). The van der Waals surface area contributed by atoms with E-state index in [1.54, 1.807) is 10.6 Å². The van der Waals surface area contributed by atoms with Crippen LogP contribution in [-0.2, 0) is 0 Å². The Morgan fingerprint density at radius 2 is 2.12 bits per heavy atom. The van der Waals surface area contributed by atoms with Crippen LogP contribution in [0, 0.1) is 11.6 Å². The number of fused-ring (bicyclic) bond motifs is 3. The zero-order valence-electron chi connectivity index (χ0n) is 8.09. The zero-order valence-corrected chi connectivity index (χ0v) is 10.4. The van der Waals surface area contributed by atoms with Crippen molar-refractivity contribution < 1.29 is 8.78 Å². The largest absolute Gasteiger partial charge is 0.295 e. The summed E-state index contributed by atoms with van der Waals surface area (Å²) in [4.78, 5) is 7.99. The molecule has 0 radical (unpaired) electrons. The van der Waals surface area contributed by atoms with Gasteiger partial charge in [0.05, 0.1) is 9.99 Å². The lowest BCUT2D eigenvalue weighted by molar-refractivity contribution is 0.506. The first kappa shape index (κ1) is 10.9. The summed E-state index contributed by atoms with van der Waals surface area (Å²) in [6, 6.07) is 1.06. The fourth-order valence-corrected chi connectivity index (χ4v) is 2.37. The van der Waals surface area contributed by atoms with E-state index in [9.17, 15) is 8.78 Å². The maximum absolute atomic E-state index is 13.4. The number of benzene rings is 1. The topological polar surface area (TPSA) is 30.2 Å². The summed E-state index contributed by atoms with van der Waals surface area (Å²) in [7, 11) is 0. The molecule has 0 aliphatic rings. The van der Waals surface area contributed by atoms with Gasteiger partial charge in [0.15, 0.2) is 22.4 Å². The first-order chi connectivity index (χ1) is 8.09. The predicted octanol–water partition coefficient (Wildman–Crippen LogP) is 3.58. The van der Waals surface area contributed by atoms with Crippen LogP contribution >= 0.6 is 27.5 Å². The first-order valence-electron chi connectivity index (χ1n) is 4.55. The monoisotopic (exact) mass is 317 g/mol. The third kappa shape index (κ3) is 1.44. The molecule has 0 fully saturated rings. The highest BCUT2D eigenvalue weighted by Crippen LogP contribution is 2.30. The van der Waals surface area contributed by atoms with Crippen LogP contribution < -0.4 is 0 Å². The van der Waals surface area contributed by atoms with Gasteiger partial charge in [0.2, 0.25) is 0 Å². The minimum Gasteiger partial charge on any atom is -0.295 e. The molecule has 0 saturated carbocycles. The van der Waals surface area contributed by atoms with Crippen molar-refractivity contribution >= 4 is 44.2 Å². The SMILES string of the molecule is Fc1cc2c(nc(Cl)c3nccn32)c(Br)c1F. The van der Waals surface area contributed by atoms with Gasteiger partial charge in [-0.05, 0) is 15.9 Å². The molecule has 0 aliphatic heterocycles. The number of nitrogens with zero attached hydrogens (tertiary/aromatic N) is 3. The highest BCUT2D eigenvalue weighted by atomic mass is 79.9. The minimum absolute atomic E-state index is 0.0509. The molecule has 0 bridgehead atoms. The average Bonchev–Trinajstić information content (AvgIpc) is 2.78. The predicted molar refractivity (Wildman–Crippen MR) is 63.1 cm³/mol. The molecule has 0 unspecified atom stereocenters. The number of halogens is 4. The van der Waals surface area contributed by atoms with Gasteiger partial charge in [-0.2, -0.15) is 0 Å². The minimum atomic E-state index is -0.986. The van der Waals surface area contributed by atoms with Crippen molar-refractivity contribution in [3.8, 4) is 0 Å². The molecule has 1 aromatic carbocycles. The zero-order chi connectivity index (χ0) is 12.2. The van der Waals surface area contributed by atoms with Crippen molar-refractivity contribution in [1.29, 1.82) is 0 Å². The molecule has 3 aromatic rings. The van der Waals surface area contributed by atoms with Gasteiger partial charge in [0.1, 0.15) is 5.52 Å². The van der Waals surface area contributed by atoms with Crippen molar-refractivity contribution in [3.63, 3.8) is 0 Å². The smallest absolute Gasteiger partial charge is 0.175 e. The second-order valence-corrected chi connectivity index (χ2v) is 4.53. The summed E-state index contributed by atoms with van der Waals surface area (Å²) in [6.07, 6.45) is 3.12. The van der Waals surface area contributed by atoms with Crippen molar-refractivity contribution in [2.75, 3.05) is 0 Å². The van der Waals surface area contributed by atoms with Gasteiger partial charge >= 0.3 is 0 Å². The molecule has 2 aromatic heterocycles. The summed E-state index contributed by atoms with van der Waals surface area (Å²) >= 11 is 8.88. The standard InChI is InChI=1S/C10H3BrClF2N3/c11-6-7(14)4(13)3-5-8(6)16-9(12)10-15-1-2-17(5)10/h1-3H. The normalized spacial score (nSPS) is 11.5. The van der Waals surface area contributed by atoms with E-state index in [0.29, 0.717) is 11.2 Å². The highest BCUT2D eigenvalue weighted by molar-refractivity contribution is 9.10. The van der Waals surface area contributed by atoms with E-state index in [-0.39, 0.29) is 15.1 Å². The number of imidazole rings is 1. The van der Waals surface area contributed by atoms with Crippen molar-refractivity contribution in [3.05, 3.63) is 39.7 Å². The van der Waals surface area contributed by atoms with Gasteiger partial charge in [0, 0.05) is 18.5 Å². The molecule has 0 saturated heterocycles. The summed E-state index contributed by atoms with van der Waals surface area (Å²) in [5.41, 5.74) is 1.05. The molecule has 0 spiro atoms. The number of hydrogen-bond acceptors (Lipinski definition) is 2. The summed E-state index contributed by atoms with van der Waals surface area (Å²) in [6.45, 7) is 0. The molecule has 2 heterocycles. The van der Waals surface area contributed by atoms with Crippen LogP contribution in [0.2, 0.25) is 5.15 Å². The molecule has 7 heteroatoms. The van der Waals surface area contributed by atoms with Crippen molar-refractivity contribution in [2.45, 2.75) is 0 Å². The van der Waals surface area contributed by atoms with E-state index in [2.05, 4.69) is 25.9 Å². The van der Waals surface area contributed by atoms with E-state index in [4.69, 9.17) is 11.6 Å². The van der Waals surface area contributed by atoms with Crippen molar-refractivity contribution in [1.82, 2.24) is 14.4 Å². The van der Waals surface area contributed by atoms with Crippen LogP contribution in [0.4, 0.5) is 8.78 Å². The quantitative estimate of drug-likeness (QED) is 0.593. The van der Waals surface area contributed by atoms with Gasteiger partial charge in [0.25, 0.3) is 0 Å². The molecule has 3 nitrogen and oxygen atoms in total. The summed E-state index contributed by atoms with van der Waals surface area (Å²) < 4.78 is 28.2. The Balaban J connectivity index is 2.64. The van der Waals surface area contributed by atoms with Crippen LogP contribution in [0.1, 0.15) is 0 Å². The van der Waals surface area contributed by atoms with Crippen LogP contribution in [-0.4, -0.2) is 14.4 Å². The van der Waals surface area contributed by atoms with E-state index < -0.39 is 11.6 Å². The van der Waals surface area contributed by atoms with Gasteiger partial charge in [-0.25, -0.2) is 18.7 Å². The Morgan fingerprint density at radius 3 is 2.88 bits per heavy atom.